The molecule has 0 unspecified atom stereocenters. The van der Waals surface area contributed by atoms with Crippen molar-refractivity contribution >= 4 is 22.5 Å². The van der Waals surface area contributed by atoms with Crippen molar-refractivity contribution in [2.24, 2.45) is 0 Å². The van der Waals surface area contributed by atoms with Crippen molar-refractivity contribution in [1.82, 2.24) is 9.88 Å². The maximum Gasteiger partial charge on any atom is 0.135 e. The summed E-state index contributed by atoms with van der Waals surface area (Å²) in [6, 6.07) is 9.95. The van der Waals surface area contributed by atoms with Gasteiger partial charge < -0.3 is 9.88 Å². The van der Waals surface area contributed by atoms with E-state index in [0.29, 0.717) is 5.56 Å². The molecule has 2 heterocycles. The molecule has 1 aliphatic rings. The third-order valence-electron chi connectivity index (χ3n) is 4.35. The number of nitrogens with one attached hydrogen (secondary N) is 1. The predicted octanol–water partition coefficient (Wildman–Crippen LogP) is 4.39. The molecule has 5 heteroatoms. The van der Waals surface area contributed by atoms with Crippen LogP contribution in [0, 0.1) is 11.6 Å². The zero-order valence-corrected chi connectivity index (χ0v) is 13.1. The van der Waals surface area contributed by atoms with Crippen LogP contribution >= 0.6 is 11.6 Å². The molecule has 4 rings (SSSR count). The van der Waals surface area contributed by atoms with Crippen LogP contribution in [-0.4, -0.2) is 17.7 Å². The first-order valence-electron chi connectivity index (χ1n) is 7.61. The normalized spacial score (nSPS) is 14.7. The Morgan fingerprint density at radius 1 is 1.00 bits per heavy atom. The summed E-state index contributed by atoms with van der Waals surface area (Å²) < 4.78 is 30.6. The van der Waals surface area contributed by atoms with E-state index in [0.717, 1.165) is 49.1 Å². The van der Waals surface area contributed by atoms with Crippen LogP contribution in [0.25, 0.3) is 22.0 Å². The summed E-state index contributed by atoms with van der Waals surface area (Å²) in [5, 5.41) is 4.44. The number of nitrogens with zero attached hydrogens (tertiary/aromatic N) is 1. The van der Waals surface area contributed by atoms with E-state index in [1.54, 1.807) is 6.07 Å². The first-order valence-corrected chi connectivity index (χ1v) is 7.99. The van der Waals surface area contributed by atoms with Gasteiger partial charge in [-0.2, -0.15) is 0 Å². The Bertz CT molecular complexity index is 878. The van der Waals surface area contributed by atoms with Gasteiger partial charge in [-0.1, -0.05) is 17.7 Å². The SMILES string of the molecule is Fc1cc(Cl)cc(F)c1-c1ccc2c(c1)cc1n2CCNCC1. The summed E-state index contributed by atoms with van der Waals surface area (Å²) in [6.07, 6.45) is 0.952. The van der Waals surface area contributed by atoms with Crippen molar-refractivity contribution in [3.8, 4) is 11.1 Å². The van der Waals surface area contributed by atoms with Gasteiger partial charge in [0.25, 0.3) is 0 Å². The number of aromatic nitrogens is 1. The average Bonchev–Trinajstić information content (AvgIpc) is 2.67. The Labute approximate surface area is 137 Å². The lowest BCUT2D eigenvalue weighted by molar-refractivity contribution is 0.590. The molecule has 0 aliphatic carbocycles. The minimum atomic E-state index is -0.640. The highest BCUT2D eigenvalue weighted by Crippen LogP contribution is 2.32. The molecule has 1 aliphatic heterocycles. The minimum Gasteiger partial charge on any atom is -0.343 e. The summed E-state index contributed by atoms with van der Waals surface area (Å²) in [5.74, 6) is -1.28. The molecule has 2 nitrogen and oxygen atoms in total. The van der Waals surface area contributed by atoms with Crippen molar-refractivity contribution in [2.75, 3.05) is 13.1 Å². The second-order valence-electron chi connectivity index (χ2n) is 5.81. The number of hydrogen-bond acceptors (Lipinski definition) is 1. The van der Waals surface area contributed by atoms with Crippen LogP contribution in [0.5, 0.6) is 0 Å². The van der Waals surface area contributed by atoms with E-state index in [4.69, 9.17) is 11.6 Å². The van der Waals surface area contributed by atoms with Crippen molar-refractivity contribution < 1.29 is 8.78 Å². The lowest BCUT2D eigenvalue weighted by Gasteiger charge is -2.08. The van der Waals surface area contributed by atoms with E-state index in [1.165, 1.54) is 5.69 Å². The molecule has 0 saturated heterocycles. The first kappa shape index (κ1) is 14.7. The van der Waals surface area contributed by atoms with Crippen molar-refractivity contribution in [3.63, 3.8) is 0 Å². The van der Waals surface area contributed by atoms with E-state index >= 15 is 0 Å². The topological polar surface area (TPSA) is 17.0 Å². The van der Waals surface area contributed by atoms with Crippen molar-refractivity contribution in [1.29, 1.82) is 0 Å². The molecule has 3 aromatic rings. The molecule has 1 N–H and O–H groups in total. The Morgan fingerprint density at radius 3 is 2.57 bits per heavy atom. The van der Waals surface area contributed by atoms with Crippen LogP contribution in [0.3, 0.4) is 0 Å². The number of halogens is 3. The monoisotopic (exact) mass is 332 g/mol. The highest BCUT2D eigenvalue weighted by Gasteiger charge is 2.16. The fourth-order valence-corrected chi connectivity index (χ4v) is 3.50. The molecule has 0 fully saturated rings. The Morgan fingerprint density at radius 2 is 1.78 bits per heavy atom. The van der Waals surface area contributed by atoms with Gasteiger partial charge in [-0.25, -0.2) is 8.78 Å². The Balaban J connectivity index is 1.87. The van der Waals surface area contributed by atoms with Crippen LogP contribution in [0.2, 0.25) is 5.02 Å². The van der Waals surface area contributed by atoms with Gasteiger partial charge in [0.05, 0.1) is 5.56 Å². The lowest BCUT2D eigenvalue weighted by Crippen LogP contribution is -2.17. The fourth-order valence-electron chi connectivity index (χ4n) is 3.31. The van der Waals surface area contributed by atoms with Crippen LogP contribution in [0.4, 0.5) is 8.78 Å². The second kappa shape index (κ2) is 5.62. The maximum atomic E-state index is 14.1. The zero-order chi connectivity index (χ0) is 16.0. The molecule has 0 amide bonds. The summed E-state index contributed by atoms with van der Waals surface area (Å²) in [4.78, 5) is 0. The highest BCUT2D eigenvalue weighted by atomic mass is 35.5. The van der Waals surface area contributed by atoms with Crippen LogP contribution in [0.1, 0.15) is 5.69 Å². The lowest BCUT2D eigenvalue weighted by atomic mass is 10.0. The zero-order valence-electron chi connectivity index (χ0n) is 12.4. The highest BCUT2D eigenvalue weighted by molar-refractivity contribution is 6.30. The van der Waals surface area contributed by atoms with E-state index in [-0.39, 0.29) is 10.6 Å². The van der Waals surface area contributed by atoms with Crippen LogP contribution in [0.15, 0.2) is 36.4 Å². The molecule has 2 aromatic carbocycles. The van der Waals surface area contributed by atoms with Gasteiger partial charge in [0.1, 0.15) is 11.6 Å². The molecule has 0 spiro atoms. The number of rotatable bonds is 1. The molecule has 0 bridgehead atoms. The number of hydrogen-bond donors (Lipinski definition) is 1. The van der Waals surface area contributed by atoms with Gasteiger partial charge in [-0.05, 0) is 35.9 Å². The molecular formula is C18H15ClF2N2. The molecule has 118 valence electrons. The van der Waals surface area contributed by atoms with E-state index in [2.05, 4.69) is 16.0 Å². The van der Waals surface area contributed by atoms with Gasteiger partial charge in [0, 0.05) is 47.7 Å². The van der Waals surface area contributed by atoms with Crippen molar-refractivity contribution in [3.05, 3.63) is 58.7 Å². The molecule has 0 atom stereocenters. The van der Waals surface area contributed by atoms with E-state index in [1.807, 2.05) is 12.1 Å². The first-order chi connectivity index (χ1) is 11.1. The summed E-state index contributed by atoms with van der Waals surface area (Å²) >= 11 is 5.70. The summed E-state index contributed by atoms with van der Waals surface area (Å²) in [7, 11) is 0. The standard InChI is InChI=1S/C18H15ClF2N2/c19-13-9-15(20)18(16(21)10-13)11-1-2-17-12(7-11)8-14-3-4-22-5-6-23(14)17/h1-2,7-10,22H,3-6H2. The fraction of sp³-hybridized carbons (Fsp3) is 0.222. The van der Waals surface area contributed by atoms with E-state index in [9.17, 15) is 8.78 Å². The smallest absolute Gasteiger partial charge is 0.135 e. The predicted molar refractivity (Wildman–Crippen MR) is 88.9 cm³/mol. The van der Waals surface area contributed by atoms with Crippen LogP contribution < -0.4 is 5.32 Å². The molecule has 0 radical (unpaired) electrons. The van der Waals surface area contributed by atoms with Gasteiger partial charge in [0.15, 0.2) is 0 Å². The van der Waals surface area contributed by atoms with Gasteiger partial charge in [0.2, 0.25) is 0 Å². The molecule has 0 saturated carbocycles. The Hall–Kier alpha value is -1.91. The van der Waals surface area contributed by atoms with Crippen LogP contribution in [-0.2, 0) is 13.0 Å². The number of fused-ring (bicyclic) bond motifs is 3. The summed E-state index contributed by atoms with van der Waals surface area (Å²) in [5.41, 5.74) is 2.85. The molecule has 23 heavy (non-hydrogen) atoms. The van der Waals surface area contributed by atoms with Gasteiger partial charge >= 0.3 is 0 Å². The summed E-state index contributed by atoms with van der Waals surface area (Å²) in [6.45, 7) is 2.78. The van der Waals surface area contributed by atoms with E-state index < -0.39 is 11.6 Å². The second-order valence-corrected chi connectivity index (χ2v) is 6.24. The third-order valence-corrected chi connectivity index (χ3v) is 4.57. The Kier molecular flexibility index (Phi) is 3.58. The quantitative estimate of drug-likeness (QED) is 0.699. The van der Waals surface area contributed by atoms with Gasteiger partial charge in [-0.15, -0.1) is 0 Å². The minimum absolute atomic E-state index is 0.0284. The molecular weight excluding hydrogens is 318 g/mol. The van der Waals surface area contributed by atoms with Gasteiger partial charge in [-0.3, -0.25) is 0 Å². The average molecular weight is 333 g/mol. The number of benzene rings is 2. The maximum absolute atomic E-state index is 14.1. The third kappa shape index (κ3) is 2.52. The largest absolute Gasteiger partial charge is 0.343 e. The molecule has 1 aromatic heterocycles. The van der Waals surface area contributed by atoms with Crippen molar-refractivity contribution in [2.45, 2.75) is 13.0 Å².